The van der Waals surface area contributed by atoms with Gasteiger partial charge in [-0.3, -0.25) is 19.4 Å². The number of fused-ring (bicyclic) bond motifs is 1. The Kier molecular flexibility index (Phi) is 8.44. The van der Waals surface area contributed by atoms with E-state index in [4.69, 9.17) is 21.1 Å². The van der Waals surface area contributed by atoms with Gasteiger partial charge in [-0.05, 0) is 84.2 Å². The number of benzene rings is 1. The molecule has 5 aliphatic rings. The van der Waals surface area contributed by atoms with Crippen molar-refractivity contribution in [2.75, 3.05) is 39.0 Å². The number of nitrogens with one attached hydrogen (secondary N) is 2. The van der Waals surface area contributed by atoms with Crippen molar-refractivity contribution in [1.29, 1.82) is 0 Å². The second-order valence-electron chi connectivity index (χ2n) is 13.0. The minimum Gasteiger partial charge on any atom is -0.448 e. The standard InChI is InChI=1S/C31H45ClN4O4S/c1-18-13-26(41-4)24(30(38)34-18)15-33-29(37)23-14-25(32)28-27(19(23)2)39-31(3,40-28)20-7-9-21(10-8-20)36-16-22(17-36)35-11-5-6-12-35/h14,18,20-22,24,26H,5-13,15-17H2,1-4H3,(H,33,37)(H,34,38). The van der Waals surface area contributed by atoms with Gasteiger partial charge in [-0.15, -0.1) is 0 Å². The summed E-state index contributed by atoms with van der Waals surface area (Å²) in [5.74, 6) is 0.0276. The predicted molar refractivity (Wildman–Crippen MR) is 163 cm³/mol. The Morgan fingerprint density at radius 1 is 1.12 bits per heavy atom. The van der Waals surface area contributed by atoms with E-state index in [1.807, 2.05) is 27.0 Å². The van der Waals surface area contributed by atoms with Crippen LogP contribution in [0.25, 0.3) is 0 Å². The molecule has 10 heteroatoms. The Hall–Kier alpha value is -1.68. The van der Waals surface area contributed by atoms with Gasteiger partial charge in [0.05, 0.1) is 10.9 Å². The van der Waals surface area contributed by atoms with Crippen LogP contribution in [0.2, 0.25) is 5.02 Å². The smallest absolute Gasteiger partial charge is 0.251 e. The molecule has 4 fully saturated rings. The van der Waals surface area contributed by atoms with Gasteiger partial charge < -0.3 is 20.1 Å². The van der Waals surface area contributed by atoms with Crippen LogP contribution in [0.4, 0.5) is 0 Å². The highest BCUT2D eigenvalue weighted by atomic mass is 35.5. The predicted octanol–water partition coefficient (Wildman–Crippen LogP) is 4.46. The lowest BCUT2D eigenvalue weighted by atomic mass is 9.80. The van der Waals surface area contributed by atoms with E-state index in [1.54, 1.807) is 17.8 Å². The van der Waals surface area contributed by atoms with E-state index in [9.17, 15) is 9.59 Å². The minimum atomic E-state index is -0.799. The summed E-state index contributed by atoms with van der Waals surface area (Å²) in [6, 6.07) is 3.23. The molecule has 4 aliphatic heterocycles. The van der Waals surface area contributed by atoms with Crippen molar-refractivity contribution in [3.05, 3.63) is 22.2 Å². The van der Waals surface area contributed by atoms with Crippen molar-refractivity contribution in [3.63, 3.8) is 0 Å². The Balaban J connectivity index is 1.06. The summed E-state index contributed by atoms with van der Waals surface area (Å²) in [6.45, 7) is 11.2. The molecular weight excluding hydrogens is 560 g/mol. The maximum absolute atomic E-state index is 13.3. The van der Waals surface area contributed by atoms with E-state index in [1.165, 1.54) is 39.0 Å². The molecule has 0 spiro atoms. The lowest BCUT2D eigenvalue weighted by Gasteiger charge is -2.50. The van der Waals surface area contributed by atoms with Crippen LogP contribution in [0.3, 0.4) is 0 Å². The lowest BCUT2D eigenvalue weighted by Crippen LogP contribution is -2.62. The fraction of sp³-hybridized carbons (Fsp3) is 0.742. The number of carbonyl (C=O) groups excluding carboxylic acids is 2. The van der Waals surface area contributed by atoms with Gasteiger partial charge in [0, 0.05) is 67.0 Å². The average molecular weight is 605 g/mol. The molecule has 2 N–H and O–H groups in total. The third-order valence-electron chi connectivity index (χ3n) is 10.3. The molecule has 1 aromatic carbocycles. The number of hydrogen-bond donors (Lipinski definition) is 2. The molecule has 0 bridgehead atoms. The maximum Gasteiger partial charge on any atom is 0.251 e. The van der Waals surface area contributed by atoms with E-state index >= 15 is 0 Å². The van der Waals surface area contributed by atoms with Crippen LogP contribution in [0.5, 0.6) is 11.5 Å². The molecule has 3 saturated heterocycles. The molecule has 41 heavy (non-hydrogen) atoms. The van der Waals surface area contributed by atoms with Gasteiger partial charge in [0.2, 0.25) is 5.91 Å². The van der Waals surface area contributed by atoms with Crippen LogP contribution in [0, 0.1) is 18.8 Å². The number of halogens is 1. The van der Waals surface area contributed by atoms with Gasteiger partial charge in [-0.25, -0.2) is 0 Å². The Bertz CT molecular complexity index is 1170. The molecular formula is C31H45ClN4O4S. The first kappa shape index (κ1) is 29.4. The molecule has 0 aromatic heterocycles. The number of nitrogens with zero attached hydrogens (tertiary/aromatic N) is 2. The molecule has 8 nitrogen and oxygen atoms in total. The molecule has 226 valence electrons. The van der Waals surface area contributed by atoms with E-state index in [0.717, 1.165) is 43.7 Å². The van der Waals surface area contributed by atoms with Crippen molar-refractivity contribution >= 4 is 35.2 Å². The highest BCUT2D eigenvalue weighted by Gasteiger charge is 2.49. The zero-order valence-electron chi connectivity index (χ0n) is 24.8. The topological polar surface area (TPSA) is 83.1 Å². The molecule has 0 radical (unpaired) electrons. The summed E-state index contributed by atoms with van der Waals surface area (Å²) < 4.78 is 13.0. The van der Waals surface area contributed by atoms with Crippen molar-refractivity contribution in [2.45, 2.75) is 94.9 Å². The second kappa shape index (κ2) is 11.8. The quantitative estimate of drug-likeness (QED) is 0.475. The summed E-state index contributed by atoms with van der Waals surface area (Å²) in [7, 11) is 0. The van der Waals surface area contributed by atoms with E-state index in [2.05, 4.69) is 20.4 Å². The fourth-order valence-corrected chi connectivity index (χ4v) is 8.97. The van der Waals surface area contributed by atoms with Crippen molar-refractivity contribution in [3.8, 4) is 11.5 Å². The Morgan fingerprint density at radius 2 is 1.80 bits per heavy atom. The SMILES string of the molecule is CSC1CC(C)NC(=O)C1CNC(=O)c1cc(Cl)c2c(c1C)OC(C)(C1CCC(N3CC(N4CCCC4)C3)CC1)O2. The van der Waals surface area contributed by atoms with Crippen LogP contribution in [-0.2, 0) is 4.79 Å². The van der Waals surface area contributed by atoms with Crippen LogP contribution in [0.15, 0.2) is 6.07 Å². The molecule has 1 saturated carbocycles. The van der Waals surface area contributed by atoms with Gasteiger partial charge in [0.1, 0.15) is 0 Å². The van der Waals surface area contributed by atoms with E-state index in [0.29, 0.717) is 28.1 Å². The van der Waals surface area contributed by atoms with Crippen LogP contribution >= 0.6 is 23.4 Å². The Morgan fingerprint density at radius 3 is 2.49 bits per heavy atom. The van der Waals surface area contributed by atoms with Crippen molar-refractivity contribution in [2.24, 2.45) is 11.8 Å². The van der Waals surface area contributed by atoms with Crippen molar-refractivity contribution in [1.82, 2.24) is 20.4 Å². The third-order valence-corrected chi connectivity index (χ3v) is 11.7. The molecule has 4 atom stereocenters. The number of rotatable bonds is 7. The molecule has 4 unspecified atom stereocenters. The molecule has 1 aromatic rings. The molecule has 2 amide bonds. The first-order valence-corrected chi connectivity index (χ1v) is 17.1. The highest BCUT2D eigenvalue weighted by Crippen LogP contribution is 2.52. The summed E-state index contributed by atoms with van der Waals surface area (Å²) >= 11 is 8.37. The van der Waals surface area contributed by atoms with Crippen molar-refractivity contribution < 1.29 is 19.1 Å². The largest absolute Gasteiger partial charge is 0.448 e. The molecule has 6 rings (SSSR count). The average Bonchev–Trinajstić information content (AvgIpc) is 3.58. The van der Waals surface area contributed by atoms with Crippen LogP contribution < -0.4 is 20.1 Å². The Labute approximate surface area is 253 Å². The van der Waals surface area contributed by atoms with Crippen LogP contribution in [-0.4, -0.2) is 89.8 Å². The summed E-state index contributed by atoms with van der Waals surface area (Å²) in [4.78, 5) is 31.3. The van der Waals surface area contributed by atoms with Crippen LogP contribution in [0.1, 0.15) is 74.7 Å². The molecule has 4 heterocycles. The van der Waals surface area contributed by atoms with E-state index < -0.39 is 5.79 Å². The first-order valence-electron chi connectivity index (χ1n) is 15.5. The number of ether oxygens (including phenoxy) is 2. The monoisotopic (exact) mass is 604 g/mol. The van der Waals surface area contributed by atoms with Gasteiger partial charge in [0.15, 0.2) is 11.5 Å². The number of piperidine rings is 1. The number of hydrogen-bond acceptors (Lipinski definition) is 7. The van der Waals surface area contributed by atoms with E-state index in [-0.39, 0.29) is 41.5 Å². The summed E-state index contributed by atoms with van der Waals surface area (Å²) in [6.07, 6.45) is 10.0. The number of thioether (sulfide) groups is 1. The first-order chi connectivity index (χ1) is 19.7. The second-order valence-corrected chi connectivity index (χ2v) is 14.5. The molecule has 1 aliphatic carbocycles. The zero-order chi connectivity index (χ0) is 28.9. The number of amides is 2. The van der Waals surface area contributed by atoms with Gasteiger partial charge >= 0.3 is 0 Å². The fourth-order valence-electron chi connectivity index (χ4n) is 7.71. The number of carbonyl (C=O) groups is 2. The third kappa shape index (κ3) is 5.68. The lowest BCUT2D eigenvalue weighted by molar-refractivity contribution is -0.127. The summed E-state index contributed by atoms with van der Waals surface area (Å²) in [5, 5.41) is 6.56. The van der Waals surface area contributed by atoms with Gasteiger partial charge in [0.25, 0.3) is 11.7 Å². The van der Waals surface area contributed by atoms with Gasteiger partial charge in [-0.1, -0.05) is 11.6 Å². The zero-order valence-corrected chi connectivity index (χ0v) is 26.4. The normalized spacial score (nSPS) is 34.4. The summed E-state index contributed by atoms with van der Waals surface area (Å²) in [5.41, 5.74) is 1.18. The number of likely N-dealkylation sites (tertiary alicyclic amines) is 2. The maximum atomic E-state index is 13.3. The van der Waals surface area contributed by atoms with Gasteiger partial charge in [-0.2, -0.15) is 11.8 Å². The highest BCUT2D eigenvalue weighted by molar-refractivity contribution is 7.99. The minimum absolute atomic E-state index is 0.00477.